The average Bonchev–Trinajstić information content (AvgIpc) is 2.41. The Kier molecular flexibility index (Phi) is 4.23. The van der Waals surface area contributed by atoms with Crippen LogP contribution in [-0.4, -0.2) is 16.0 Å². The van der Waals surface area contributed by atoms with Gasteiger partial charge in [-0.3, -0.25) is 4.98 Å². The molecule has 4 nitrogen and oxygen atoms in total. The molecule has 0 spiro atoms. The summed E-state index contributed by atoms with van der Waals surface area (Å²) < 4.78 is 0. The number of rotatable bonds is 4. The van der Waals surface area contributed by atoms with Gasteiger partial charge in [0.25, 0.3) is 0 Å². The summed E-state index contributed by atoms with van der Waals surface area (Å²) in [4.78, 5) is 11.3. The van der Waals surface area contributed by atoms with E-state index < -0.39 is 0 Å². The van der Waals surface area contributed by atoms with Crippen LogP contribution >= 0.6 is 0 Å². The first-order chi connectivity index (χ1) is 9.47. The van der Waals surface area contributed by atoms with Gasteiger partial charge in [-0.1, -0.05) is 12.1 Å². The van der Waals surface area contributed by atoms with Gasteiger partial charge in [0.05, 0.1) is 17.6 Å². The van der Waals surface area contributed by atoms with Crippen molar-refractivity contribution in [3.8, 4) is 0 Å². The Morgan fingerprint density at radius 2 is 1.75 bits per heavy atom. The van der Waals surface area contributed by atoms with Gasteiger partial charge in [-0.05, 0) is 45.4 Å². The molecule has 1 aromatic heterocycles. The van der Waals surface area contributed by atoms with Crippen LogP contribution in [0, 0.1) is 13.8 Å². The minimum absolute atomic E-state index is 0.351. The number of hydrogen-bond donors (Lipinski definition) is 1. The fraction of sp³-hybridized carbons (Fsp3) is 0.375. The van der Waals surface area contributed by atoms with Gasteiger partial charge in [0.2, 0.25) is 0 Å². The second kappa shape index (κ2) is 5.90. The summed E-state index contributed by atoms with van der Waals surface area (Å²) in [6.07, 6.45) is 1.85. The minimum atomic E-state index is 0.351. The fourth-order valence-corrected chi connectivity index (χ4v) is 2.02. The molecule has 0 saturated carbocycles. The normalized spacial score (nSPS) is 10.8. The number of aromatic nitrogens is 2. The molecule has 106 valence electrons. The van der Waals surface area contributed by atoms with Crippen LogP contribution in [-0.2, 0) is 6.54 Å². The van der Waals surface area contributed by atoms with E-state index in [1.54, 1.807) is 0 Å². The summed E-state index contributed by atoms with van der Waals surface area (Å²) in [6.45, 7) is 9.09. The van der Waals surface area contributed by atoms with Crippen molar-refractivity contribution in [2.75, 3.05) is 10.6 Å². The Morgan fingerprint density at radius 3 is 2.30 bits per heavy atom. The van der Waals surface area contributed by atoms with Crippen LogP contribution in [0.4, 0.5) is 11.5 Å². The Hall–Kier alpha value is -2.10. The SMILES string of the molecule is Cc1ncc(N(Cc2ccc(N)cc2)C(C)C)nc1C. The number of hydrogen-bond acceptors (Lipinski definition) is 4. The van der Waals surface area contributed by atoms with E-state index in [1.807, 2.05) is 32.2 Å². The van der Waals surface area contributed by atoms with Gasteiger partial charge < -0.3 is 10.6 Å². The maximum atomic E-state index is 5.73. The predicted octanol–water partition coefficient (Wildman–Crippen LogP) is 3.09. The molecule has 1 heterocycles. The minimum Gasteiger partial charge on any atom is -0.399 e. The van der Waals surface area contributed by atoms with Crippen LogP contribution in [0.25, 0.3) is 0 Å². The third-order valence-electron chi connectivity index (χ3n) is 3.43. The van der Waals surface area contributed by atoms with Crippen molar-refractivity contribution in [3.05, 3.63) is 47.4 Å². The molecular formula is C16H22N4. The molecule has 0 atom stereocenters. The van der Waals surface area contributed by atoms with Gasteiger partial charge in [0, 0.05) is 18.3 Å². The van der Waals surface area contributed by atoms with Crippen molar-refractivity contribution in [1.82, 2.24) is 9.97 Å². The second-order valence-electron chi connectivity index (χ2n) is 5.36. The molecule has 0 aliphatic heterocycles. The lowest BCUT2D eigenvalue weighted by Crippen LogP contribution is -2.31. The summed E-state index contributed by atoms with van der Waals surface area (Å²) in [6, 6.07) is 8.32. The van der Waals surface area contributed by atoms with Crippen molar-refractivity contribution in [2.45, 2.75) is 40.3 Å². The zero-order valence-corrected chi connectivity index (χ0v) is 12.6. The summed E-state index contributed by atoms with van der Waals surface area (Å²) in [7, 11) is 0. The lowest BCUT2D eigenvalue weighted by molar-refractivity contribution is 0.668. The number of nitrogen functional groups attached to an aromatic ring is 1. The zero-order chi connectivity index (χ0) is 14.7. The van der Waals surface area contributed by atoms with Crippen molar-refractivity contribution in [2.24, 2.45) is 0 Å². The molecule has 0 unspecified atom stereocenters. The third-order valence-corrected chi connectivity index (χ3v) is 3.43. The van der Waals surface area contributed by atoms with Crippen molar-refractivity contribution in [1.29, 1.82) is 0 Å². The van der Waals surface area contributed by atoms with Gasteiger partial charge in [0.15, 0.2) is 0 Å². The fourth-order valence-electron chi connectivity index (χ4n) is 2.02. The quantitative estimate of drug-likeness (QED) is 0.867. The van der Waals surface area contributed by atoms with E-state index >= 15 is 0 Å². The molecule has 0 aliphatic carbocycles. The molecule has 0 fully saturated rings. The number of benzene rings is 1. The van der Waals surface area contributed by atoms with E-state index in [0.717, 1.165) is 29.4 Å². The van der Waals surface area contributed by atoms with Gasteiger partial charge >= 0.3 is 0 Å². The molecule has 0 radical (unpaired) electrons. The van der Waals surface area contributed by atoms with E-state index in [0.29, 0.717) is 6.04 Å². The molecule has 2 aromatic rings. The second-order valence-corrected chi connectivity index (χ2v) is 5.36. The molecule has 2 rings (SSSR count). The van der Waals surface area contributed by atoms with Gasteiger partial charge in [-0.25, -0.2) is 4.98 Å². The topological polar surface area (TPSA) is 55.0 Å². The molecule has 0 bridgehead atoms. The molecule has 1 aromatic carbocycles. The Labute approximate surface area is 120 Å². The standard InChI is InChI=1S/C16H22N4/c1-11(2)20(10-14-5-7-15(17)8-6-14)16-9-18-12(3)13(4)19-16/h5-9,11H,10,17H2,1-4H3. The number of aryl methyl sites for hydroxylation is 2. The highest BCUT2D eigenvalue weighted by Crippen LogP contribution is 2.18. The average molecular weight is 270 g/mol. The van der Waals surface area contributed by atoms with E-state index in [-0.39, 0.29) is 0 Å². The van der Waals surface area contributed by atoms with E-state index in [2.05, 4.69) is 40.8 Å². The highest BCUT2D eigenvalue weighted by Gasteiger charge is 2.13. The van der Waals surface area contributed by atoms with Crippen LogP contribution in [0.3, 0.4) is 0 Å². The maximum absolute atomic E-state index is 5.73. The van der Waals surface area contributed by atoms with Gasteiger partial charge in [0.1, 0.15) is 5.82 Å². The monoisotopic (exact) mass is 270 g/mol. The molecular weight excluding hydrogens is 248 g/mol. The first-order valence-electron chi connectivity index (χ1n) is 6.88. The van der Waals surface area contributed by atoms with Gasteiger partial charge in [-0.2, -0.15) is 0 Å². The number of nitrogens with zero attached hydrogens (tertiary/aromatic N) is 3. The van der Waals surface area contributed by atoms with Gasteiger partial charge in [-0.15, -0.1) is 0 Å². The molecule has 20 heavy (non-hydrogen) atoms. The Bertz CT molecular complexity index is 576. The van der Waals surface area contributed by atoms with Crippen molar-refractivity contribution in [3.63, 3.8) is 0 Å². The molecule has 0 aliphatic rings. The van der Waals surface area contributed by atoms with E-state index in [1.165, 1.54) is 5.56 Å². The molecule has 0 saturated heterocycles. The van der Waals surface area contributed by atoms with Crippen LogP contribution in [0.1, 0.15) is 30.8 Å². The smallest absolute Gasteiger partial charge is 0.147 e. The van der Waals surface area contributed by atoms with Crippen molar-refractivity contribution >= 4 is 11.5 Å². The summed E-state index contributed by atoms with van der Waals surface area (Å²) in [5.41, 5.74) is 9.69. The number of anilines is 2. The highest BCUT2D eigenvalue weighted by molar-refractivity contribution is 5.43. The summed E-state index contributed by atoms with van der Waals surface area (Å²) in [5.74, 6) is 0.917. The largest absolute Gasteiger partial charge is 0.399 e. The number of nitrogens with two attached hydrogens (primary N) is 1. The Morgan fingerprint density at radius 1 is 1.10 bits per heavy atom. The molecule has 2 N–H and O–H groups in total. The maximum Gasteiger partial charge on any atom is 0.147 e. The molecule has 0 amide bonds. The third kappa shape index (κ3) is 3.26. The van der Waals surface area contributed by atoms with Crippen LogP contribution in [0.5, 0.6) is 0 Å². The van der Waals surface area contributed by atoms with Crippen LogP contribution < -0.4 is 10.6 Å². The highest BCUT2D eigenvalue weighted by atomic mass is 15.2. The van der Waals surface area contributed by atoms with E-state index in [4.69, 9.17) is 5.73 Å². The summed E-state index contributed by atoms with van der Waals surface area (Å²) >= 11 is 0. The zero-order valence-electron chi connectivity index (χ0n) is 12.6. The van der Waals surface area contributed by atoms with Crippen molar-refractivity contribution < 1.29 is 0 Å². The first kappa shape index (κ1) is 14.3. The van der Waals surface area contributed by atoms with E-state index in [9.17, 15) is 0 Å². The summed E-state index contributed by atoms with van der Waals surface area (Å²) in [5, 5.41) is 0. The first-order valence-corrected chi connectivity index (χ1v) is 6.88. The van der Waals surface area contributed by atoms with Crippen LogP contribution in [0.2, 0.25) is 0 Å². The molecule has 4 heteroatoms. The van der Waals surface area contributed by atoms with Crippen LogP contribution in [0.15, 0.2) is 30.5 Å². The Balaban J connectivity index is 2.26. The predicted molar refractivity (Wildman–Crippen MR) is 83.7 cm³/mol. The lowest BCUT2D eigenvalue weighted by atomic mass is 10.1. The lowest BCUT2D eigenvalue weighted by Gasteiger charge is -2.28.